The Labute approximate surface area is 143 Å². The molecule has 0 aliphatic carbocycles. The molecule has 132 valence electrons. The fraction of sp³-hybridized carbons (Fsp3) is 0.222. The molecule has 2 aromatic rings. The summed E-state index contributed by atoms with van der Waals surface area (Å²) in [6.45, 7) is 2.19. The van der Waals surface area contributed by atoms with E-state index in [2.05, 4.69) is 5.32 Å². The number of benzene rings is 2. The van der Waals surface area contributed by atoms with Gasteiger partial charge in [0, 0.05) is 12.2 Å². The number of anilines is 1. The lowest BCUT2D eigenvalue weighted by Gasteiger charge is -2.09. The van der Waals surface area contributed by atoms with Gasteiger partial charge in [-0.3, -0.25) is 9.59 Å². The molecule has 0 spiro atoms. The van der Waals surface area contributed by atoms with Crippen LogP contribution in [0.15, 0.2) is 48.5 Å². The molecule has 2 aromatic carbocycles. The number of hydrogen-bond donors (Lipinski definition) is 2. The van der Waals surface area contributed by atoms with E-state index in [9.17, 15) is 22.8 Å². The Kier molecular flexibility index (Phi) is 5.80. The number of hydrogen-bond acceptors (Lipinski definition) is 2. The number of aryl methyl sites for hydroxylation is 1. The Morgan fingerprint density at radius 2 is 1.68 bits per heavy atom. The summed E-state index contributed by atoms with van der Waals surface area (Å²) < 4.78 is 36.5. The highest BCUT2D eigenvalue weighted by Gasteiger charge is 2.38. The van der Waals surface area contributed by atoms with E-state index in [0.717, 1.165) is 11.1 Å². The van der Waals surface area contributed by atoms with Crippen molar-refractivity contribution in [2.75, 3.05) is 5.32 Å². The number of rotatable bonds is 5. The lowest BCUT2D eigenvalue weighted by molar-refractivity contribution is -0.167. The van der Waals surface area contributed by atoms with Crippen LogP contribution in [0, 0.1) is 6.92 Å². The second-order valence-electron chi connectivity index (χ2n) is 5.59. The minimum absolute atomic E-state index is 0.0390. The number of alkyl halides is 3. The largest absolute Gasteiger partial charge is 0.471 e. The van der Waals surface area contributed by atoms with Gasteiger partial charge in [-0.05, 0) is 30.2 Å². The maximum atomic E-state index is 12.2. The summed E-state index contributed by atoms with van der Waals surface area (Å²) in [4.78, 5) is 22.8. The van der Waals surface area contributed by atoms with E-state index >= 15 is 0 Å². The zero-order valence-corrected chi connectivity index (χ0v) is 13.5. The first-order valence-corrected chi connectivity index (χ1v) is 7.53. The third-order valence-corrected chi connectivity index (χ3v) is 3.41. The molecule has 0 heterocycles. The van der Waals surface area contributed by atoms with Crippen LogP contribution in [0.5, 0.6) is 0 Å². The van der Waals surface area contributed by atoms with Gasteiger partial charge in [-0.1, -0.05) is 42.0 Å². The van der Waals surface area contributed by atoms with Gasteiger partial charge in [0.25, 0.3) is 0 Å². The molecule has 25 heavy (non-hydrogen) atoms. The van der Waals surface area contributed by atoms with Crippen LogP contribution in [0.2, 0.25) is 0 Å². The highest BCUT2D eigenvalue weighted by atomic mass is 19.4. The Bertz CT molecular complexity index is 756. The monoisotopic (exact) mass is 350 g/mol. The van der Waals surface area contributed by atoms with E-state index in [-0.39, 0.29) is 24.6 Å². The lowest BCUT2D eigenvalue weighted by atomic mass is 10.1. The Morgan fingerprint density at radius 1 is 1.00 bits per heavy atom. The van der Waals surface area contributed by atoms with E-state index in [1.807, 2.05) is 31.2 Å². The molecule has 0 aliphatic rings. The summed E-state index contributed by atoms with van der Waals surface area (Å²) in [6, 6.07) is 13.4. The first-order valence-electron chi connectivity index (χ1n) is 7.53. The summed E-state index contributed by atoms with van der Waals surface area (Å²) in [6.07, 6.45) is -4.68. The summed E-state index contributed by atoms with van der Waals surface area (Å²) in [5, 5.41) is 4.51. The van der Waals surface area contributed by atoms with Crippen molar-refractivity contribution < 1.29 is 22.8 Å². The second-order valence-corrected chi connectivity index (χ2v) is 5.59. The van der Waals surface area contributed by atoms with Gasteiger partial charge in [0.2, 0.25) is 5.91 Å². The average Bonchev–Trinajstić information content (AvgIpc) is 2.53. The molecule has 0 radical (unpaired) electrons. The minimum atomic E-state index is -4.93. The summed E-state index contributed by atoms with van der Waals surface area (Å²) in [7, 11) is 0. The van der Waals surface area contributed by atoms with Gasteiger partial charge in [-0.25, -0.2) is 0 Å². The molecule has 0 aromatic heterocycles. The van der Waals surface area contributed by atoms with E-state index in [0.29, 0.717) is 5.56 Å². The molecular weight excluding hydrogens is 333 g/mol. The van der Waals surface area contributed by atoms with Gasteiger partial charge in [-0.2, -0.15) is 13.2 Å². The lowest BCUT2D eigenvalue weighted by Crippen LogP contribution is -2.29. The van der Waals surface area contributed by atoms with Crippen molar-refractivity contribution in [3.63, 3.8) is 0 Å². The van der Waals surface area contributed by atoms with Crippen LogP contribution in [-0.2, 0) is 22.6 Å². The van der Waals surface area contributed by atoms with Crippen molar-refractivity contribution in [2.24, 2.45) is 0 Å². The maximum absolute atomic E-state index is 12.2. The summed E-state index contributed by atoms with van der Waals surface area (Å²) in [5.74, 6) is -2.17. The third-order valence-electron chi connectivity index (χ3n) is 3.41. The maximum Gasteiger partial charge on any atom is 0.471 e. The van der Waals surface area contributed by atoms with Crippen molar-refractivity contribution in [1.82, 2.24) is 5.32 Å². The normalized spacial score (nSPS) is 11.0. The minimum Gasteiger partial charge on any atom is -0.352 e. The second kappa shape index (κ2) is 7.83. The van der Waals surface area contributed by atoms with Crippen LogP contribution < -0.4 is 10.6 Å². The zero-order chi connectivity index (χ0) is 18.4. The Hall–Kier alpha value is -2.83. The fourth-order valence-corrected chi connectivity index (χ4v) is 2.18. The predicted octanol–water partition coefficient (Wildman–Crippen LogP) is 3.35. The number of nitrogens with one attached hydrogen (secondary N) is 2. The standard InChI is InChI=1S/C18H17F3N2O2/c1-12-3-2-4-14(9-12)10-16(24)22-11-13-5-7-15(8-6-13)23-17(25)18(19,20)21/h2-9H,10-11H2,1H3,(H,22,24)(H,23,25). The van der Waals surface area contributed by atoms with Crippen LogP contribution in [0.4, 0.5) is 18.9 Å². The molecule has 2 amide bonds. The molecule has 0 aliphatic heterocycles. The average molecular weight is 350 g/mol. The van der Waals surface area contributed by atoms with E-state index in [1.165, 1.54) is 12.1 Å². The highest BCUT2D eigenvalue weighted by Crippen LogP contribution is 2.18. The molecule has 0 unspecified atom stereocenters. The SMILES string of the molecule is Cc1cccc(CC(=O)NCc2ccc(NC(=O)C(F)(F)F)cc2)c1. The van der Waals surface area contributed by atoms with Gasteiger partial charge in [-0.15, -0.1) is 0 Å². The number of halogens is 3. The first kappa shape index (κ1) is 18.5. The molecule has 0 saturated heterocycles. The molecular formula is C18H17F3N2O2. The fourth-order valence-electron chi connectivity index (χ4n) is 2.18. The van der Waals surface area contributed by atoms with Gasteiger partial charge in [0.05, 0.1) is 6.42 Å². The molecule has 0 saturated carbocycles. The van der Waals surface area contributed by atoms with Gasteiger partial charge >= 0.3 is 12.1 Å². The van der Waals surface area contributed by atoms with Crippen molar-refractivity contribution >= 4 is 17.5 Å². The van der Waals surface area contributed by atoms with Crippen LogP contribution >= 0.6 is 0 Å². The van der Waals surface area contributed by atoms with Crippen molar-refractivity contribution in [1.29, 1.82) is 0 Å². The van der Waals surface area contributed by atoms with Crippen LogP contribution in [0.3, 0.4) is 0 Å². The Morgan fingerprint density at radius 3 is 2.28 bits per heavy atom. The predicted molar refractivity (Wildman–Crippen MR) is 87.9 cm³/mol. The van der Waals surface area contributed by atoms with Crippen molar-refractivity contribution in [2.45, 2.75) is 26.1 Å². The molecule has 0 fully saturated rings. The molecule has 2 rings (SSSR count). The molecule has 7 heteroatoms. The smallest absolute Gasteiger partial charge is 0.352 e. The summed E-state index contributed by atoms with van der Waals surface area (Å²) in [5.41, 5.74) is 2.73. The molecule has 0 bridgehead atoms. The molecule has 4 nitrogen and oxygen atoms in total. The number of carbonyl (C=O) groups excluding carboxylic acids is 2. The third kappa shape index (κ3) is 5.95. The molecule has 0 atom stereocenters. The van der Waals surface area contributed by atoms with Crippen LogP contribution in [0.1, 0.15) is 16.7 Å². The first-order chi connectivity index (χ1) is 11.7. The van der Waals surface area contributed by atoms with E-state index < -0.39 is 12.1 Å². The van der Waals surface area contributed by atoms with E-state index in [1.54, 1.807) is 17.4 Å². The Balaban J connectivity index is 1.85. The summed E-state index contributed by atoms with van der Waals surface area (Å²) >= 11 is 0. The zero-order valence-electron chi connectivity index (χ0n) is 13.5. The number of amides is 2. The quantitative estimate of drug-likeness (QED) is 0.869. The van der Waals surface area contributed by atoms with E-state index in [4.69, 9.17) is 0 Å². The van der Waals surface area contributed by atoms with Gasteiger partial charge in [0.1, 0.15) is 0 Å². The van der Waals surface area contributed by atoms with Crippen molar-refractivity contribution in [3.05, 3.63) is 65.2 Å². The highest BCUT2D eigenvalue weighted by molar-refractivity contribution is 5.94. The van der Waals surface area contributed by atoms with Crippen molar-refractivity contribution in [3.8, 4) is 0 Å². The topological polar surface area (TPSA) is 58.2 Å². The van der Waals surface area contributed by atoms with Crippen LogP contribution in [-0.4, -0.2) is 18.0 Å². The number of carbonyl (C=O) groups is 2. The van der Waals surface area contributed by atoms with Gasteiger partial charge < -0.3 is 10.6 Å². The molecule has 2 N–H and O–H groups in total. The van der Waals surface area contributed by atoms with Gasteiger partial charge in [0.15, 0.2) is 0 Å². The van der Waals surface area contributed by atoms with Crippen LogP contribution in [0.25, 0.3) is 0 Å².